The Kier molecular flexibility index (Phi) is 4.44. The van der Waals surface area contributed by atoms with Crippen LogP contribution >= 0.6 is 23.1 Å². The van der Waals surface area contributed by atoms with Gasteiger partial charge in [-0.25, -0.2) is 0 Å². The zero-order valence-corrected chi connectivity index (χ0v) is 15.6. The minimum atomic E-state index is -0.318. The first-order valence-corrected chi connectivity index (χ1v) is 10.1. The van der Waals surface area contributed by atoms with Crippen molar-refractivity contribution in [2.24, 2.45) is 0 Å². The number of amides is 1. The number of anilines is 2. The Hall–Kier alpha value is -2.70. The number of hydrogen-bond acceptors (Lipinski definition) is 5. The molecule has 0 aliphatic heterocycles. The SMILES string of the molecule is CSc1ccc2oc(C(=O)Nc3cc(-c4cccs4)ccc3N)cc2c1. The van der Waals surface area contributed by atoms with Gasteiger partial charge in [0.2, 0.25) is 0 Å². The van der Waals surface area contributed by atoms with Crippen molar-refractivity contribution >= 4 is 51.3 Å². The highest BCUT2D eigenvalue weighted by Crippen LogP contribution is 2.31. The Balaban J connectivity index is 1.63. The molecule has 130 valence electrons. The monoisotopic (exact) mass is 380 g/mol. The van der Waals surface area contributed by atoms with Gasteiger partial charge in [-0.3, -0.25) is 4.79 Å². The van der Waals surface area contributed by atoms with Crippen molar-refractivity contribution in [2.75, 3.05) is 17.3 Å². The van der Waals surface area contributed by atoms with Crippen LogP contribution in [0.15, 0.2) is 69.3 Å². The van der Waals surface area contributed by atoms with Crippen LogP contribution in [0.3, 0.4) is 0 Å². The molecule has 0 bridgehead atoms. The minimum Gasteiger partial charge on any atom is -0.451 e. The number of nitrogens with two attached hydrogens (primary N) is 1. The Labute approximate surface area is 159 Å². The van der Waals surface area contributed by atoms with Crippen LogP contribution in [0.2, 0.25) is 0 Å². The molecule has 2 aromatic heterocycles. The standard InChI is InChI=1S/C20H16N2O2S2/c1-25-14-5-7-17-13(9-14)11-18(24-17)20(23)22-16-10-12(4-6-15(16)21)19-3-2-8-26-19/h2-11H,21H2,1H3,(H,22,23). The van der Waals surface area contributed by atoms with E-state index in [4.69, 9.17) is 10.2 Å². The van der Waals surface area contributed by atoms with Gasteiger partial charge in [-0.15, -0.1) is 23.1 Å². The van der Waals surface area contributed by atoms with Crippen LogP contribution in [-0.4, -0.2) is 12.2 Å². The molecule has 3 N–H and O–H groups in total. The zero-order valence-electron chi connectivity index (χ0n) is 14.0. The topological polar surface area (TPSA) is 68.3 Å². The van der Waals surface area contributed by atoms with E-state index in [1.807, 2.05) is 54.1 Å². The summed E-state index contributed by atoms with van der Waals surface area (Å²) in [5.74, 6) is -0.0545. The fraction of sp³-hybridized carbons (Fsp3) is 0.0500. The van der Waals surface area contributed by atoms with E-state index in [0.717, 1.165) is 20.7 Å². The second kappa shape index (κ2) is 6.90. The maximum Gasteiger partial charge on any atom is 0.291 e. The number of thioether (sulfide) groups is 1. The van der Waals surface area contributed by atoms with Crippen molar-refractivity contribution in [2.45, 2.75) is 4.90 Å². The average Bonchev–Trinajstić information content (AvgIpc) is 3.32. The van der Waals surface area contributed by atoms with Gasteiger partial charge >= 0.3 is 0 Å². The third kappa shape index (κ3) is 3.21. The quantitative estimate of drug-likeness (QED) is 0.351. The number of benzene rings is 2. The van der Waals surface area contributed by atoms with Crippen molar-refractivity contribution < 1.29 is 9.21 Å². The second-order valence-corrected chi connectivity index (χ2v) is 7.58. The van der Waals surface area contributed by atoms with E-state index in [1.54, 1.807) is 35.2 Å². The predicted molar refractivity (Wildman–Crippen MR) is 110 cm³/mol. The largest absolute Gasteiger partial charge is 0.451 e. The molecule has 0 fully saturated rings. The highest BCUT2D eigenvalue weighted by atomic mass is 32.2. The molecule has 0 aliphatic rings. The minimum absolute atomic E-state index is 0.263. The number of hydrogen-bond donors (Lipinski definition) is 2. The number of nitrogen functional groups attached to an aromatic ring is 1. The number of nitrogens with one attached hydrogen (secondary N) is 1. The smallest absolute Gasteiger partial charge is 0.291 e. The average molecular weight is 380 g/mol. The summed E-state index contributed by atoms with van der Waals surface area (Å²) in [6.45, 7) is 0. The third-order valence-corrected chi connectivity index (χ3v) is 5.70. The fourth-order valence-electron chi connectivity index (χ4n) is 2.70. The Bertz CT molecular complexity index is 1080. The van der Waals surface area contributed by atoms with E-state index in [1.165, 1.54) is 0 Å². The first-order chi connectivity index (χ1) is 12.6. The van der Waals surface area contributed by atoms with Crippen LogP contribution in [0.1, 0.15) is 10.6 Å². The summed E-state index contributed by atoms with van der Waals surface area (Å²) in [5, 5.41) is 5.78. The molecule has 0 radical (unpaired) electrons. The molecule has 6 heteroatoms. The van der Waals surface area contributed by atoms with Gasteiger partial charge in [0.1, 0.15) is 5.58 Å². The van der Waals surface area contributed by atoms with Gasteiger partial charge in [0.25, 0.3) is 5.91 Å². The highest BCUT2D eigenvalue weighted by Gasteiger charge is 2.15. The molecule has 2 aromatic carbocycles. The molecule has 4 rings (SSSR count). The van der Waals surface area contributed by atoms with Gasteiger partial charge in [-0.05, 0) is 59.7 Å². The number of rotatable bonds is 4. The molecule has 0 saturated heterocycles. The van der Waals surface area contributed by atoms with Crippen LogP contribution in [0.4, 0.5) is 11.4 Å². The molecule has 0 atom stereocenters. The summed E-state index contributed by atoms with van der Waals surface area (Å²) in [6, 6.07) is 17.3. The lowest BCUT2D eigenvalue weighted by molar-refractivity contribution is 0.0999. The first-order valence-electron chi connectivity index (χ1n) is 7.96. The summed E-state index contributed by atoms with van der Waals surface area (Å²) >= 11 is 3.29. The Morgan fingerprint density at radius 3 is 2.81 bits per heavy atom. The fourth-order valence-corrected chi connectivity index (χ4v) is 3.88. The maximum atomic E-state index is 12.6. The van der Waals surface area contributed by atoms with Crippen molar-refractivity contribution in [1.82, 2.24) is 0 Å². The van der Waals surface area contributed by atoms with E-state index in [9.17, 15) is 4.79 Å². The summed E-state index contributed by atoms with van der Waals surface area (Å²) in [5.41, 5.74) is 8.83. The maximum absolute atomic E-state index is 12.6. The van der Waals surface area contributed by atoms with E-state index < -0.39 is 0 Å². The predicted octanol–water partition coefficient (Wildman–Crippen LogP) is 5.72. The van der Waals surface area contributed by atoms with Crippen LogP contribution < -0.4 is 11.1 Å². The van der Waals surface area contributed by atoms with Gasteiger partial charge in [0.05, 0.1) is 11.4 Å². The molecule has 2 heterocycles. The molecule has 0 spiro atoms. The van der Waals surface area contributed by atoms with E-state index in [-0.39, 0.29) is 11.7 Å². The number of furan rings is 1. The van der Waals surface area contributed by atoms with Crippen molar-refractivity contribution in [1.29, 1.82) is 0 Å². The highest BCUT2D eigenvalue weighted by molar-refractivity contribution is 7.98. The van der Waals surface area contributed by atoms with Crippen LogP contribution in [0.25, 0.3) is 21.4 Å². The molecule has 0 saturated carbocycles. The Morgan fingerprint density at radius 1 is 1.15 bits per heavy atom. The first kappa shape index (κ1) is 16.8. The van der Waals surface area contributed by atoms with Gasteiger partial charge in [0.15, 0.2) is 5.76 Å². The lowest BCUT2D eigenvalue weighted by Crippen LogP contribution is -2.12. The number of fused-ring (bicyclic) bond motifs is 1. The third-order valence-electron chi connectivity index (χ3n) is 4.05. The molecule has 0 unspecified atom stereocenters. The van der Waals surface area contributed by atoms with Crippen molar-refractivity contribution in [3.63, 3.8) is 0 Å². The van der Waals surface area contributed by atoms with Crippen LogP contribution in [0, 0.1) is 0 Å². The zero-order chi connectivity index (χ0) is 18.1. The lowest BCUT2D eigenvalue weighted by atomic mass is 10.1. The molecule has 1 amide bonds. The molecule has 4 aromatic rings. The number of carbonyl (C=O) groups is 1. The van der Waals surface area contributed by atoms with Crippen LogP contribution in [-0.2, 0) is 0 Å². The van der Waals surface area contributed by atoms with Gasteiger partial charge < -0.3 is 15.5 Å². The van der Waals surface area contributed by atoms with Crippen molar-refractivity contribution in [3.8, 4) is 10.4 Å². The van der Waals surface area contributed by atoms with E-state index >= 15 is 0 Å². The van der Waals surface area contributed by atoms with Gasteiger partial charge in [0, 0.05) is 15.2 Å². The molecular formula is C20H16N2O2S2. The van der Waals surface area contributed by atoms with E-state index in [0.29, 0.717) is 17.0 Å². The summed E-state index contributed by atoms with van der Waals surface area (Å²) in [7, 11) is 0. The lowest BCUT2D eigenvalue weighted by Gasteiger charge is -2.08. The summed E-state index contributed by atoms with van der Waals surface area (Å²) < 4.78 is 5.68. The molecule has 26 heavy (non-hydrogen) atoms. The van der Waals surface area contributed by atoms with Crippen molar-refractivity contribution in [3.05, 3.63) is 65.7 Å². The number of thiophene rings is 1. The van der Waals surface area contributed by atoms with Crippen LogP contribution in [0.5, 0.6) is 0 Å². The van der Waals surface area contributed by atoms with Gasteiger partial charge in [-0.1, -0.05) is 12.1 Å². The number of carbonyl (C=O) groups excluding carboxylic acids is 1. The second-order valence-electron chi connectivity index (χ2n) is 5.75. The van der Waals surface area contributed by atoms with E-state index in [2.05, 4.69) is 5.32 Å². The summed E-state index contributed by atoms with van der Waals surface area (Å²) in [6.07, 6.45) is 2.01. The molecular weight excluding hydrogens is 364 g/mol. The molecule has 4 nitrogen and oxygen atoms in total. The summed E-state index contributed by atoms with van der Waals surface area (Å²) in [4.78, 5) is 14.9. The van der Waals surface area contributed by atoms with Gasteiger partial charge in [-0.2, -0.15) is 0 Å². The normalized spacial score (nSPS) is 11.0. The Morgan fingerprint density at radius 2 is 2.04 bits per heavy atom. The molecule has 0 aliphatic carbocycles.